The molecule has 2 atom stereocenters. The standard InChI is InChI=1S/C9H14N2O3/c1-6-10-4-7(5-11-6)9(14)8(13)2-3-12/h4-5,8-9,12-14H,2-3H2,1H3. The van der Waals surface area contributed by atoms with Gasteiger partial charge in [0.15, 0.2) is 0 Å². The molecule has 0 aromatic carbocycles. The molecule has 1 heterocycles. The molecule has 5 nitrogen and oxygen atoms in total. The maximum absolute atomic E-state index is 9.57. The Hall–Kier alpha value is -1.04. The van der Waals surface area contributed by atoms with Crippen molar-refractivity contribution in [2.75, 3.05) is 6.61 Å². The van der Waals surface area contributed by atoms with Gasteiger partial charge in [-0.25, -0.2) is 9.97 Å². The van der Waals surface area contributed by atoms with Crippen LogP contribution in [0.25, 0.3) is 0 Å². The molecule has 0 aliphatic rings. The van der Waals surface area contributed by atoms with Crippen molar-refractivity contribution in [3.8, 4) is 0 Å². The molecule has 1 aromatic heterocycles. The van der Waals surface area contributed by atoms with Gasteiger partial charge in [-0.2, -0.15) is 0 Å². The van der Waals surface area contributed by atoms with E-state index in [1.165, 1.54) is 12.4 Å². The van der Waals surface area contributed by atoms with E-state index < -0.39 is 12.2 Å². The zero-order valence-electron chi connectivity index (χ0n) is 7.96. The first kappa shape index (κ1) is 11.0. The second-order valence-corrected chi connectivity index (χ2v) is 3.09. The van der Waals surface area contributed by atoms with Gasteiger partial charge in [-0.05, 0) is 13.3 Å². The number of rotatable bonds is 4. The van der Waals surface area contributed by atoms with Gasteiger partial charge < -0.3 is 15.3 Å². The van der Waals surface area contributed by atoms with E-state index in [2.05, 4.69) is 9.97 Å². The smallest absolute Gasteiger partial charge is 0.125 e. The Labute approximate surface area is 82.1 Å². The van der Waals surface area contributed by atoms with E-state index in [9.17, 15) is 10.2 Å². The first-order chi connectivity index (χ1) is 6.65. The number of aromatic nitrogens is 2. The van der Waals surface area contributed by atoms with Gasteiger partial charge in [0.1, 0.15) is 11.9 Å². The molecular formula is C9H14N2O3. The zero-order chi connectivity index (χ0) is 10.6. The minimum Gasteiger partial charge on any atom is -0.396 e. The Morgan fingerprint density at radius 2 is 1.86 bits per heavy atom. The van der Waals surface area contributed by atoms with Crippen LogP contribution in [0.1, 0.15) is 23.9 Å². The minimum absolute atomic E-state index is 0.134. The maximum Gasteiger partial charge on any atom is 0.125 e. The summed E-state index contributed by atoms with van der Waals surface area (Å²) in [5.41, 5.74) is 0.455. The highest BCUT2D eigenvalue weighted by Gasteiger charge is 2.18. The van der Waals surface area contributed by atoms with Crippen molar-refractivity contribution in [2.45, 2.75) is 25.6 Å². The molecule has 5 heteroatoms. The van der Waals surface area contributed by atoms with Crippen LogP contribution in [0.4, 0.5) is 0 Å². The van der Waals surface area contributed by atoms with E-state index in [1.54, 1.807) is 6.92 Å². The molecular weight excluding hydrogens is 184 g/mol. The first-order valence-electron chi connectivity index (χ1n) is 4.40. The van der Waals surface area contributed by atoms with Gasteiger partial charge in [-0.15, -0.1) is 0 Å². The fourth-order valence-corrected chi connectivity index (χ4v) is 1.07. The van der Waals surface area contributed by atoms with Crippen molar-refractivity contribution in [3.63, 3.8) is 0 Å². The quantitative estimate of drug-likeness (QED) is 0.610. The van der Waals surface area contributed by atoms with Gasteiger partial charge in [0.2, 0.25) is 0 Å². The van der Waals surface area contributed by atoms with Gasteiger partial charge in [0.05, 0.1) is 6.10 Å². The van der Waals surface area contributed by atoms with E-state index in [0.717, 1.165) is 0 Å². The second kappa shape index (κ2) is 4.99. The molecule has 1 rings (SSSR count). The Morgan fingerprint density at radius 3 is 2.36 bits per heavy atom. The fraction of sp³-hybridized carbons (Fsp3) is 0.556. The highest BCUT2D eigenvalue weighted by molar-refractivity contribution is 5.09. The number of aliphatic hydroxyl groups is 3. The summed E-state index contributed by atoms with van der Waals surface area (Å²) in [5, 5.41) is 27.5. The predicted octanol–water partition coefficient (Wildman–Crippen LogP) is -0.438. The van der Waals surface area contributed by atoms with Crippen molar-refractivity contribution >= 4 is 0 Å². The molecule has 0 aliphatic heterocycles. The van der Waals surface area contributed by atoms with Gasteiger partial charge in [0, 0.05) is 24.6 Å². The average molecular weight is 198 g/mol. The Morgan fingerprint density at radius 1 is 1.29 bits per heavy atom. The summed E-state index contributed by atoms with van der Waals surface area (Å²) < 4.78 is 0. The van der Waals surface area contributed by atoms with Gasteiger partial charge in [-0.3, -0.25) is 0 Å². The van der Waals surface area contributed by atoms with E-state index in [4.69, 9.17) is 5.11 Å². The van der Waals surface area contributed by atoms with E-state index >= 15 is 0 Å². The van der Waals surface area contributed by atoms with Crippen LogP contribution >= 0.6 is 0 Å². The van der Waals surface area contributed by atoms with Crippen LogP contribution in [0.5, 0.6) is 0 Å². The van der Waals surface area contributed by atoms with Crippen molar-refractivity contribution in [2.24, 2.45) is 0 Å². The second-order valence-electron chi connectivity index (χ2n) is 3.09. The van der Waals surface area contributed by atoms with E-state index in [1.807, 2.05) is 0 Å². The summed E-state index contributed by atoms with van der Waals surface area (Å²) in [6.07, 6.45) is 1.05. The SMILES string of the molecule is Cc1ncc(C(O)C(O)CCO)cn1. The summed E-state index contributed by atoms with van der Waals surface area (Å²) in [6, 6.07) is 0. The van der Waals surface area contributed by atoms with Crippen LogP contribution < -0.4 is 0 Å². The largest absolute Gasteiger partial charge is 0.396 e. The fourth-order valence-electron chi connectivity index (χ4n) is 1.07. The summed E-state index contributed by atoms with van der Waals surface area (Å²) in [4.78, 5) is 7.80. The molecule has 0 saturated heterocycles. The van der Waals surface area contributed by atoms with E-state index in [0.29, 0.717) is 11.4 Å². The van der Waals surface area contributed by atoms with Crippen LogP contribution in [0, 0.1) is 6.92 Å². The molecule has 2 unspecified atom stereocenters. The third-order valence-corrected chi connectivity index (χ3v) is 1.93. The van der Waals surface area contributed by atoms with Crippen molar-refractivity contribution in [1.82, 2.24) is 9.97 Å². The lowest BCUT2D eigenvalue weighted by Crippen LogP contribution is -2.19. The highest BCUT2D eigenvalue weighted by Crippen LogP contribution is 2.16. The summed E-state index contributed by atoms with van der Waals surface area (Å²) in [5.74, 6) is 0.609. The van der Waals surface area contributed by atoms with Crippen molar-refractivity contribution in [3.05, 3.63) is 23.8 Å². The lowest BCUT2D eigenvalue weighted by Gasteiger charge is -2.16. The first-order valence-corrected chi connectivity index (χ1v) is 4.40. The summed E-state index contributed by atoms with van der Waals surface area (Å²) >= 11 is 0. The molecule has 14 heavy (non-hydrogen) atoms. The lowest BCUT2D eigenvalue weighted by molar-refractivity contribution is 0.00383. The Bertz CT molecular complexity index is 276. The van der Waals surface area contributed by atoms with Crippen LogP contribution in [-0.4, -0.2) is 38.0 Å². The van der Waals surface area contributed by atoms with Gasteiger partial charge >= 0.3 is 0 Å². The number of hydrogen-bond donors (Lipinski definition) is 3. The Balaban J connectivity index is 2.68. The molecule has 0 spiro atoms. The van der Waals surface area contributed by atoms with Gasteiger partial charge in [-0.1, -0.05) is 0 Å². The molecule has 1 aromatic rings. The molecule has 0 amide bonds. The van der Waals surface area contributed by atoms with Crippen molar-refractivity contribution < 1.29 is 15.3 Å². The highest BCUT2D eigenvalue weighted by atomic mass is 16.3. The number of nitrogens with zero attached hydrogens (tertiary/aromatic N) is 2. The van der Waals surface area contributed by atoms with Crippen LogP contribution in [0.15, 0.2) is 12.4 Å². The topological polar surface area (TPSA) is 86.5 Å². The molecule has 0 fully saturated rings. The summed E-state index contributed by atoms with van der Waals surface area (Å²) in [7, 11) is 0. The van der Waals surface area contributed by atoms with E-state index in [-0.39, 0.29) is 13.0 Å². The third-order valence-electron chi connectivity index (χ3n) is 1.93. The molecule has 0 aliphatic carbocycles. The lowest BCUT2D eigenvalue weighted by atomic mass is 10.1. The summed E-state index contributed by atoms with van der Waals surface area (Å²) in [6.45, 7) is 1.57. The normalized spacial score (nSPS) is 15.1. The average Bonchev–Trinajstić information content (AvgIpc) is 2.18. The zero-order valence-corrected chi connectivity index (χ0v) is 7.96. The maximum atomic E-state index is 9.57. The predicted molar refractivity (Wildman–Crippen MR) is 49.4 cm³/mol. The number of hydrogen-bond acceptors (Lipinski definition) is 5. The molecule has 78 valence electrons. The minimum atomic E-state index is -1.04. The molecule has 0 radical (unpaired) electrons. The Kier molecular flexibility index (Phi) is 3.94. The molecule has 0 bridgehead atoms. The molecule has 0 saturated carbocycles. The number of aryl methyl sites for hydroxylation is 1. The van der Waals surface area contributed by atoms with Gasteiger partial charge in [0.25, 0.3) is 0 Å². The monoisotopic (exact) mass is 198 g/mol. The third kappa shape index (κ3) is 2.73. The van der Waals surface area contributed by atoms with Crippen molar-refractivity contribution in [1.29, 1.82) is 0 Å². The van der Waals surface area contributed by atoms with Crippen LogP contribution in [-0.2, 0) is 0 Å². The molecule has 3 N–H and O–H groups in total. The number of aliphatic hydroxyl groups excluding tert-OH is 3. The van der Waals surface area contributed by atoms with Crippen LogP contribution in [0.3, 0.4) is 0 Å². The van der Waals surface area contributed by atoms with Crippen LogP contribution in [0.2, 0.25) is 0 Å².